The first-order valence-corrected chi connectivity index (χ1v) is 8.34. The molecule has 1 aliphatic carbocycles. The monoisotopic (exact) mass is 306 g/mol. The molecule has 21 heavy (non-hydrogen) atoms. The summed E-state index contributed by atoms with van der Waals surface area (Å²) in [4.78, 5) is 2.47. The van der Waals surface area contributed by atoms with E-state index in [1.807, 2.05) is 0 Å². The minimum Gasteiger partial charge on any atom is -0.305 e. The lowest BCUT2D eigenvalue weighted by atomic mass is 9.84. The highest BCUT2D eigenvalue weighted by molar-refractivity contribution is 4.93. The van der Waals surface area contributed by atoms with Crippen LogP contribution in [0.15, 0.2) is 0 Å². The summed E-state index contributed by atoms with van der Waals surface area (Å²) in [5.74, 6) is 1.81. The van der Waals surface area contributed by atoms with Crippen LogP contribution in [0.25, 0.3) is 0 Å². The van der Waals surface area contributed by atoms with Gasteiger partial charge in [0.1, 0.15) is 0 Å². The molecular weight excluding hydrogens is 277 g/mol. The van der Waals surface area contributed by atoms with Crippen molar-refractivity contribution < 1.29 is 13.2 Å². The lowest BCUT2D eigenvalue weighted by molar-refractivity contribution is -0.127. The van der Waals surface area contributed by atoms with E-state index in [1.165, 1.54) is 12.8 Å². The van der Waals surface area contributed by atoms with Crippen LogP contribution in [0.4, 0.5) is 13.2 Å². The van der Waals surface area contributed by atoms with Crippen molar-refractivity contribution in [1.82, 2.24) is 10.2 Å². The molecular formula is C16H29F3N2. The van der Waals surface area contributed by atoms with Crippen LogP contribution in [-0.2, 0) is 0 Å². The summed E-state index contributed by atoms with van der Waals surface area (Å²) < 4.78 is 37.4. The van der Waals surface area contributed by atoms with Gasteiger partial charge in [0, 0.05) is 25.2 Å². The first kappa shape index (κ1) is 17.1. The SMILES string of the molecule is CCC(C1CC1)N1CC(NCC(F)(F)F)CC(C(C)C)C1. The molecule has 1 N–H and O–H groups in total. The Balaban J connectivity index is 1.97. The molecule has 0 bridgehead atoms. The summed E-state index contributed by atoms with van der Waals surface area (Å²) >= 11 is 0. The number of rotatable bonds is 6. The Kier molecular flexibility index (Phi) is 5.58. The van der Waals surface area contributed by atoms with Crippen LogP contribution < -0.4 is 5.32 Å². The van der Waals surface area contributed by atoms with Gasteiger partial charge in [0.2, 0.25) is 0 Å². The predicted octanol–water partition coefficient (Wildman–Crippen LogP) is 3.67. The van der Waals surface area contributed by atoms with Crippen molar-refractivity contribution in [3.63, 3.8) is 0 Å². The fourth-order valence-electron chi connectivity index (χ4n) is 3.71. The zero-order valence-corrected chi connectivity index (χ0v) is 13.4. The van der Waals surface area contributed by atoms with Crippen molar-refractivity contribution in [1.29, 1.82) is 0 Å². The number of halogens is 3. The molecule has 2 aliphatic rings. The van der Waals surface area contributed by atoms with E-state index in [-0.39, 0.29) is 6.04 Å². The quantitative estimate of drug-likeness (QED) is 0.805. The first-order valence-electron chi connectivity index (χ1n) is 8.34. The van der Waals surface area contributed by atoms with Crippen molar-refractivity contribution in [2.45, 2.75) is 64.7 Å². The minimum atomic E-state index is -4.11. The van der Waals surface area contributed by atoms with Crippen LogP contribution in [0.1, 0.15) is 46.5 Å². The molecule has 1 saturated heterocycles. The smallest absolute Gasteiger partial charge is 0.305 e. The average molecular weight is 306 g/mol. The Morgan fingerprint density at radius 2 is 1.81 bits per heavy atom. The van der Waals surface area contributed by atoms with Gasteiger partial charge < -0.3 is 5.32 Å². The van der Waals surface area contributed by atoms with Gasteiger partial charge in [-0.1, -0.05) is 20.8 Å². The number of hydrogen-bond donors (Lipinski definition) is 1. The number of alkyl halides is 3. The zero-order valence-electron chi connectivity index (χ0n) is 13.4. The van der Waals surface area contributed by atoms with Crippen molar-refractivity contribution in [2.24, 2.45) is 17.8 Å². The van der Waals surface area contributed by atoms with Crippen LogP contribution in [-0.4, -0.2) is 42.8 Å². The fraction of sp³-hybridized carbons (Fsp3) is 1.00. The number of likely N-dealkylation sites (tertiary alicyclic amines) is 1. The number of hydrogen-bond acceptors (Lipinski definition) is 2. The Bertz CT molecular complexity index is 326. The third kappa shape index (κ3) is 5.13. The van der Waals surface area contributed by atoms with Gasteiger partial charge in [-0.3, -0.25) is 4.90 Å². The summed E-state index contributed by atoms with van der Waals surface area (Å²) in [6.07, 6.45) is 0.451. The second-order valence-electron chi connectivity index (χ2n) is 7.20. The van der Waals surface area contributed by atoms with Crippen molar-refractivity contribution in [3.8, 4) is 0 Å². The van der Waals surface area contributed by atoms with Gasteiger partial charge in [0.15, 0.2) is 0 Å². The summed E-state index contributed by atoms with van der Waals surface area (Å²) in [5.41, 5.74) is 0. The average Bonchev–Trinajstić information content (AvgIpc) is 3.21. The Hall–Kier alpha value is -0.290. The molecule has 2 fully saturated rings. The molecule has 3 atom stereocenters. The van der Waals surface area contributed by atoms with E-state index in [2.05, 4.69) is 31.0 Å². The van der Waals surface area contributed by atoms with Crippen LogP contribution in [0, 0.1) is 17.8 Å². The molecule has 1 saturated carbocycles. The number of nitrogens with zero attached hydrogens (tertiary/aromatic N) is 1. The van der Waals surface area contributed by atoms with Crippen LogP contribution in [0.2, 0.25) is 0 Å². The van der Waals surface area contributed by atoms with Crippen molar-refractivity contribution in [2.75, 3.05) is 19.6 Å². The molecule has 2 nitrogen and oxygen atoms in total. The lowest BCUT2D eigenvalue weighted by Crippen LogP contribution is -2.55. The molecule has 5 heteroatoms. The minimum absolute atomic E-state index is 0.0272. The van der Waals surface area contributed by atoms with Gasteiger partial charge in [0.25, 0.3) is 0 Å². The molecule has 0 spiro atoms. The maximum Gasteiger partial charge on any atom is 0.401 e. The molecule has 1 aliphatic heterocycles. The Labute approximate surface area is 126 Å². The Morgan fingerprint density at radius 1 is 1.14 bits per heavy atom. The van der Waals surface area contributed by atoms with Crippen molar-refractivity contribution >= 4 is 0 Å². The van der Waals surface area contributed by atoms with Gasteiger partial charge >= 0.3 is 6.18 Å². The van der Waals surface area contributed by atoms with E-state index in [9.17, 15) is 13.2 Å². The molecule has 0 radical (unpaired) electrons. The maximum atomic E-state index is 12.5. The van der Waals surface area contributed by atoms with Gasteiger partial charge in [0.05, 0.1) is 6.54 Å². The molecule has 0 amide bonds. The Morgan fingerprint density at radius 3 is 2.29 bits per heavy atom. The molecule has 2 rings (SSSR count). The summed E-state index contributed by atoms with van der Waals surface area (Å²) in [7, 11) is 0. The van der Waals surface area contributed by atoms with E-state index in [4.69, 9.17) is 0 Å². The largest absolute Gasteiger partial charge is 0.401 e. The number of nitrogens with one attached hydrogen (secondary N) is 1. The normalized spacial score (nSPS) is 29.9. The highest BCUT2D eigenvalue weighted by Gasteiger charge is 2.39. The molecule has 0 aromatic heterocycles. The standard InChI is InChI=1S/C16H29F3N2/c1-4-15(12-5-6-12)21-8-13(11(2)3)7-14(9-21)20-10-16(17,18)19/h11-15,20H,4-10H2,1-3H3. The summed E-state index contributed by atoms with van der Waals surface area (Å²) in [6.45, 7) is 7.54. The third-order valence-corrected chi connectivity index (χ3v) is 5.10. The highest BCUT2D eigenvalue weighted by Crippen LogP contribution is 2.39. The second kappa shape index (κ2) is 6.86. The van der Waals surface area contributed by atoms with Crippen LogP contribution >= 0.6 is 0 Å². The first-order chi connectivity index (χ1) is 9.80. The van der Waals surface area contributed by atoms with Gasteiger partial charge in [-0.05, 0) is 43.4 Å². The highest BCUT2D eigenvalue weighted by atomic mass is 19.4. The van der Waals surface area contributed by atoms with E-state index < -0.39 is 12.7 Å². The van der Waals surface area contributed by atoms with Gasteiger partial charge in [-0.2, -0.15) is 13.2 Å². The van der Waals surface area contributed by atoms with E-state index >= 15 is 0 Å². The van der Waals surface area contributed by atoms with E-state index in [0.717, 1.165) is 31.8 Å². The molecule has 1 heterocycles. The van der Waals surface area contributed by atoms with Gasteiger partial charge in [-0.25, -0.2) is 0 Å². The topological polar surface area (TPSA) is 15.3 Å². The van der Waals surface area contributed by atoms with Crippen molar-refractivity contribution in [3.05, 3.63) is 0 Å². The predicted molar refractivity (Wildman–Crippen MR) is 79.2 cm³/mol. The number of piperidine rings is 1. The molecule has 0 aromatic rings. The third-order valence-electron chi connectivity index (χ3n) is 5.10. The maximum absolute atomic E-state index is 12.5. The summed E-state index contributed by atoms with van der Waals surface area (Å²) in [5, 5.41) is 2.75. The van der Waals surface area contributed by atoms with E-state index in [1.54, 1.807) is 0 Å². The lowest BCUT2D eigenvalue weighted by Gasteiger charge is -2.43. The second-order valence-corrected chi connectivity index (χ2v) is 7.20. The van der Waals surface area contributed by atoms with Crippen LogP contribution in [0.3, 0.4) is 0 Å². The van der Waals surface area contributed by atoms with Gasteiger partial charge in [-0.15, -0.1) is 0 Å². The summed E-state index contributed by atoms with van der Waals surface area (Å²) in [6, 6.07) is 0.544. The van der Waals surface area contributed by atoms with E-state index in [0.29, 0.717) is 17.9 Å². The van der Waals surface area contributed by atoms with Crippen LogP contribution in [0.5, 0.6) is 0 Å². The zero-order chi connectivity index (χ0) is 15.6. The molecule has 3 unspecified atom stereocenters. The fourth-order valence-corrected chi connectivity index (χ4v) is 3.71. The molecule has 0 aromatic carbocycles. The molecule has 124 valence electrons.